The number of ether oxygens (including phenoxy) is 1. The van der Waals surface area contributed by atoms with Gasteiger partial charge in [0.25, 0.3) is 0 Å². The van der Waals surface area contributed by atoms with Crippen molar-refractivity contribution in [1.29, 1.82) is 0 Å². The number of aromatic nitrogens is 1. The SMILES string of the molecule is COc1cccc2ccc(CNOCC(N)=O)nc12. The van der Waals surface area contributed by atoms with Crippen molar-refractivity contribution >= 4 is 16.8 Å². The molecule has 2 aromatic rings. The number of carbonyl (C=O) groups excluding carboxylic acids is 1. The highest BCUT2D eigenvalue weighted by Crippen LogP contribution is 2.23. The van der Waals surface area contributed by atoms with Crippen LogP contribution in [0.2, 0.25) is 0 Å². The molecule has 19 heavy (non-hydrogen) atoms. The number of amides is 1. The van der Waals surface area contributed by atoms with Crippen molar-refractivity contribution in [3.8, 4) is 5.75 Å². The van der Waals surface area contributed by atoms with E-state index in [1.165, 1.54) is 0 Å². The van der Waals surface area contributed by atoms with E-state index in [4.69, 9.17) is 15.3 Å². The van der Waals surface area contributed by atoms with Crippen molar-refractivity contribution in [3.63, 3.8) is 0 Å². The number of primary amides is 1. The minimum atomic E-state index is -0.527. The summed E-state index contributed by atoms with van der Waals surface area (Å²) in [6, 6.07) is 9.57. The summed E-state index contributed by atoms with van der Waals surface area (Å²) < 4.78 is 5.26. The van der Waals surface area contributed by atoms with Gasteiger partial charge >= 0.3 is 0 Å². The van der Waals surface area contributed by atoms with Gasteiger partial charge < -0.3 is 10.5 Å². The van der Waals surface area contributed by atoms with Gasteiger partial charge in [0.15, 0.2) is 0 Å². The summed E-state index contributed by atoms with van der Waals surface area (Å²) in [5.74, 6) is 0.193. The van der Waals surface area contributed by atoms with Crippen LogP contribution in [0.4, 0.5) is 0 Å². The van der Waals surface area contributed by atoms with Gasteiger partial charge in [0, 0.05) is 5.39 Å². The number of rotatable bonds is 6. The minimum absolute atomic E-state index is 0.170. The molecule has 0 aliphatic carbocycles. The molecule has 1 aromatic heterocycles. The summed E-state index contributed by atoms with van der Waals surface area (Å²) in [6.45, 7) is 0.207. The fraction of sp³-hybridized carbons (Fsp3) is 0.231. The van der Waals surface area contributed by atoms with Crippen molar-refractivity contribution in [2.24, 2.45) is 5.73 Å². The van der Waals surface area contributed by atoms with Gasteiger partial charge in [0.05, 0.1) is 19.3 Å². The Morgan fingerprint density at radius 3 is 2.95 bits per heavy atom. The molecule has 0 fully saturated rings. The van der Waals surface area contributed by atoms with Crippen LogP contribution >= 0.6 is 0 Å². The second kappa shape index (κ2) is 6.12. The average molecular weight is 261 g/mol. The Hall–Kier alpha value is -2.18. The van der Waals surface area contributed by atoms with Gasteiger partial charge in [0.2, 0.25) is 5.91 Å². The van der Waals surface area contributed by atoms with Crippen molar-refractivity contribution in [3.05, 3.63) is 36.0 Å². The largest absolute Gasteiger partial charge is 0.494 e. The molecule has 0 atom stereocenters. The van der Waals surface area contributed by atoms with E-state index < -0.39 is 5.91 Å². The summed E-state index contributed by atoms with van der Waals surface area (Å²) in [4.78, 5) is 19.8. The quantitative estimate of drug-likeness (QED) is 0.592. The highest BCUT2D eigenvalue weighted by atomic mass is 16.6. The molecule has 6 heteroatoms. The van der Waals surface area contributed by atoms with Gasteiger partial charge in [-0.3, -0.25) is 9.63 Å². The van der Waals surface area contributed by atoms with Gasteiger partial charge in [0.1, 0.15) is 17.9 Å². The Morgan fingerprint density at radius 1 is 1.37 bits per heavy atom. The third-order valence-corrected chi connectivity index (χ3v) is 2.53. The van der Waals surface area contributed by atoms with Crippen LogP contribution in [0.15, 0.2) is 30.3 Å². The molecule has 3 N–H and O–H groups in total. The molecule has 0 spiro atoms. The number of hydroxylamine groups is 1. The van der Waals surface area contributed by atoms with Crippen LogP contribution in [0.25, 0.3) is 10.9 Å². The molecule has 2 rings (SSSR count). The molecule has 0 saturated carbocycles. The molecule has 100 valence electrons. The van der Waals surface area contributed by atoms with Crippen LogP contribution in [0, 0.1) is 0 Å². The maximum Gasteiger partial charge on any atom is 0.245 e. The normalized spacial score (nSPS) is 10.6. The summed E-state index contributed by atoms with van der Waals surface area (Å²) >= 11 is 0. The topological polar surface area (TPSA) is 86.5 Å². The number of para-hydroxylation sites is 1. The number of benzene rings is 1. The molecule has 0 aliphatic heterocycles. The second-order valence-electron chi connectivity index (χ2n) is 3.91. The van der Waals surface area contributed by atoms with Gasteiger partial charge in [-0.15, -0.1) is 0 Å². The molecular weight excluding hydrogens is 246 g/mol. The first kappa shape index (κ1) is 13.3. The maximum atomic E-state index is 10.5. The van der Waals surface area contributed by atoms with E-state index in [-0.39, 0.29) is 6.61 Å². The molecule has 0 unspecified atom stereocenters. The zero-order valence-electron chi connectivity index (χ0n) is 10.6. The van der Waals surface area contributed by atoms with Crippen LogP contribution in [0.3, 0.4) is 0 Å². The Morgan fingerprint density at radius 2 is 2.21 bits per heavy atom. The first-order valence-corrected chi connectivity index (χ1v) is 5.76. The predicted octanol–water partition coefficient (Wildman–Crippen LogP) is 0.750. The molecule has 1 aromatic carbocycles. The van der Waals surface area contributed by atoms with Gasteiger partial charge in [-0.05, 0) is 12.1 Å². The fourth-order valence-corrected chi connectivity index (χ4v) is 1.67. The average Bonchev–Trinajstić information content (AvgIpc) is 2.42. The van der Waals surface area contributed by atoms with E-state index in [9.17, 15) is 4.79 Å². The van der Waals surface area contributed by atoms with Crippen LogP contribution in [-0.2, 0) is 16.2 Å². The van der Waals surface area contributed by atoms with Gasteiger partial charge in [-0.2, -0.15) is 5.48 Å². The smallest absolute Gasteiger partial charge is 0.245 e. The Kier molecular flexibility index (Phi) is 4.27. The lowest BCUT2D eigenvalue weighted by Gasteiger charge is -2.07. The standard InChI is InChI=1S/C13H15N3O3/c1-18-11-4-2-3-9-5-6-10(16-13(9)11)7-15-19-8-12(14)17/h2-6,15H,7-8H2,1H3,(H2,14,17). The minimum Gasteiger partial charge on any atom is -0.494 e. The Labute approximate surface area is 110 Å². The number of nitrogens with two attached hydrogens (primary N) is 1. The van der Waals surface area contributed by atoms with Crippen molar-refractivity contribution in [1.82, 2.24) is 10.5 Å². The van der Waals surface area contributed by atoms with E-state index in [1.807, 2.05) is 30.3 Å². The number of hydrogen-bond acceptors (Lipinski definition) is 5. The Balaban J connectivity index is 2.10. The number of carbonyl (C=O) groups is 1. The van der Waals surface area contributed by atoms with E-state index in [0.29, 0.717) is 6.54 Å². The fourth-order valence-electron chi connectivity index (χ4n) is 1.67. The lowest BCUT2D eigenvalue weighted by molar-refractivity contribution is -0.125. The van der Waals surface area contributed by atoms with Crippen molar-refractivity contribution < 1.29 is 14.4 Å². The summed E-state index contributed by atoms with van der Waals surface area (Å²) in [5.41, 5.74) is 9.15. The predicted molar refractivity (Wildman–Crippen MR) is 70.3 cm³/mol. The van der Waals surface area contributed by atoms with Crippen LogP contribution in [0.5, 0.6) is 5.75 Å². The van der Waals surface area contributed by atoms with E-state index in [2.05, 4.69) is 10.5 Å². The Bertz CT molecular complexity index is 586. The first-order valence-electron chi connectivity index (χ1n) is 5.76. The van der Waals surface area contributed by atoms with Gasteiger partial charge in [-0.1, -0.05) is 18.2 Å². The number of nitrogens with zero attached hydrogens (tertiary/aromatic N) is 1. The molecule has 0 radical (unpaired) electrons. The maximum absolute atomic E-state index is 10.5. The number of pyridine rings is 1. The highest BCUT2D eigenvalue weighted by Gasteiger charge is 2.04. The lowest BCUT2D eigenvalue weighted by Crippen LogP contribution is -2.24. The van der Waals surface area contributed by atoms with E-state index in [0.717, 1.165) is 22.3 Å². The molecule has 0 saturated heterocycles. The molecule has 0 aliphatic rings. The summed E-state index contributed by atoms with van der Waals surface area (Å²) in [5, 5.41) is 1.00. The third-order valence-electron chi connectivity index (χ3n) is 2.53. The number of methoxy groups -OCH3 is 1. The molecule has 1 amide bonds. The van der Waals surface area contributed by atoms with Crippen LogP contribution in [0.1, 0.15) is 5.69 Å². The van der Waals surface area contributed by atoms with Crippen LogP contribution < -0.4 is 16.0 Å². The second-order valence-corrected chi connectivity index (χ2v) is 3.91. The number of hydrogen-bond donors (Lipinski definition) is 2. The third kappa shape index (κ3) is 3.40. The molecule has 6 nitrogen and oxygen atoms in total. The van der Waals surface area contributed by atoms with Gasteiger partial charge in [-0.25, -0.2) is 4.98 Å². The monoisotopic (exact) mass is 261 g/mol. The first-order chi connectivity index (χ1) is 9.20. The molecule has 0 bridgehead atoms. The summed E-state index contributed by atoms with van der Waals surface area (Å²) in [7, 11) is 1.61. The van der Waals surface area contributed by atoms with Crippen LogP contribution in [-0.4, -0.2) is 24.6 Å². The number of nitrogens with one attached hydrogen (secondary N) is 1. The molecular formula is C13H15N3O3. The number of fused-ring (bicyclic) bond motifs is 1. The van der Waals surface area contributed by atoms with Crippen molar-refractivity contribution in [2.75, 3.05) is 13.7 Å². The van der Waals surface area contributed by atoms with E-state index >= 15 is 0 Å². The lowest BCUT2D eigenvalue weighted by atomic mass is 10.2. The highest BCUT2D eigenvalue weighted by molar-refractivity contribution is 5.84. The van der Waals surface area contributed by atoms with Crippen molar-refractivity contribution in [2.45, 2.75) is 6.54 Å². The summed E-state index contributed by atoms with van der Waals surface area (Å²) in [6.07, 6.45) is 0. The van der Waals surface area contributed by atoms with E-state index in [1.54, 1.807) is 7.11 Å². The zero-order chi connectivity index (χ0) is 13.7. The zero-order valence-corrected chi connectivity index (χ0v) is 10.6. The molecule has 1 heterocycles.